The van der Waals surface area contributed by atoms with E-state index in [1.54, 1.807) is 0 Å². The van der Waals surface area contributed by atoms with Crippen molar-refractivity contribution in [2.45, 2.75) is 5.41 Å². The Morgan fingerprint density at radius 3 is 1.25 bits per heavy atom. The monoisotopic (exact) mass is 704 g/mol. The van der Waals surface area contributed by atoms with Gasteiger partial charge in [-0.25, -0.2) is 0 Å². The summed E-state index contributed by atoms with van der Waals surface area (Å²) in [6.07, 6.45) is 0. The lowest BCUT2D eigenvalue weighted by Crippen LogP contribution is -2.26. The van der Waals surface area contributed by atoms with Gasteiger partial charge in [-0.3, -0.25) is 9.59 Å². The first-order valence-electron chi connectivity index (χ1n) is 18.5. The van der Waals surface area contributed by atoms with Gasteiger partial charge in [0.25, 0.3) is 0 Å². The fourth-order valence-electron chi connectivity index (χ4n) is 9.58. The molecule has 0 aliphatic heterocycles. The lowest BCUT2D eigenvalue weighted by atomic mass is 9.70. The van der Waals surface area contributed by atoms with E-state index in [4.69, 9.17) is 8.83 Å². The Morgan fingerprint density at radius 1 is 0.364 bits per heavy atom. The number of hydrogen-bond acceptors (Lipinski definition) is 4. The number of carbonyl (C=O) groups excluding carboxylic acids is 2. The molecule has 0 amide bonds. The molecule has 2 aromatic heterocycles. The Kier molecular flexibility index (Phi) is 5.97. The molecule has 0 saturated heterocycles. The van der Waals surface area contributed by atoms with E-state index in [1.807, 2.05) is 97.1 Å². The molecule has 0 fully saturated rings. The summed E-state index contributed by atoms with van der Waals surface area (Å²) in [5.74, 6) is -0.208. The Hall–Kier alpha value is -7.30. The van der Waals surface area contributed by atoms with Crippen molar-refractivity contribution >= 4 is 55.4 Å². The number of hydrogen-bond donors (Lipinski definition) is 0. The van der Waals surface area contributed by atoms with Gasteiger partial charge in [-0.05, 0) is 80.9 Å². The minimum absolute atomic E-state index is 0.104. The summed E-state index contributed by atoms with van der Waals surface area (Å²) in [4.78, 5) is 29.3. The average Bonchev–Trinajstić information content (AvgIpc) is 3.98. The lowest BCUT2D eigenvalue weighted by Gasteiger charge is -2.31. The fourth-order valence-corrected chi connectivity index (χ4v) is 9.58. The largest absolute Gasteiger partial charge is 0.455 e. The van der Waals surface area contributed by atoms with Crippen LogP contribution in [0, 0.1) is 0 Å². The maximum atomic E-state index is 14.7. The molecular formula is C51H28O4. The SMILES string of the molecule is O=C(c1ccc2c(c1)C1(c3ccccc3-2)c2ccccc2-c2ccc(C(=O)c3cccc4c3oc3ccccc34)cc21)c1cccc2c1oc1ccccc12. The van der Waals surface area contributed by atoms with Crippen LogP contribution in [0.15, 0.2) is 179 Å². The summed E-state index contributed by atoms with van der Waals surface area (Å²) in [7, 11) is 0. The maximum absolute atomic E-state index is 14.7. The Morgan fingerprint density at radius 2 is 0.764 bits per heavy atom. The highest BCUT2D eigenvalue weighted by molar-refractivity contribution is 6.20. The van der Waals surface area contributed by atoms with Crippen LogP contribution in [-0.2, 0) is 5.41 Å². The summed E-state index contributed by atoms with van der Waals surface area (Å²) in [6, 6.07) is 56.6. The fraction of sp³-hybridized carbons (Fsp3) is 0.0196. The second kappa shape index (κ2) is 10.9. The third-order valence-electron chi connectivity index (χ3n) is 11.9. The van der Waals surface area contributed by atoms with Gasteiger partial charge in [0, 0.05) is 32.7 Å². The molecule has 1 spiro atoms. The van der Waals surface area contributed by atoms with Gasteiger partial charge in [0.2, 0.25) is 0 Å². The number of fused-ring (bicyclic) bond motifs is 16. The highest BCUT2D eigenvalue weighted by Gasteiger charge is 2.52. The van der Waals surface area contributed by atoms with E-state index >= 15 is 0 Å². The van der Waals surface area contributed by atoms with Crippen molar-refractivity contribution in [1.82, 2.24) is 0 Å². The molecule has 0 atom stereocenters. The van der Waals surface area contributed by atoms with Gasteiger partial charge in [-0.1, -0.05) is 133 Å². The molecule has 0 radical (unpaired) electrons. The van der Waals surface area contributed by atoms with Crippen LogP contribution in [0.5, 0.6) is 0 Å². The van der Waals surface area contributed by atoms with Gasteiger partial charge < -0.3 is 8.83 Å². The Bertz CT molecular complexity index is 3100. The highest BCUT2D eigenvalue weighted by Crippen LogP contribution is 2.63. The number of rotatable bonds is 4. The van der Waals surface area contributed by atoms with Gasteiger partial charge in [-0.2, -0.15) is 0 Å². The van der Waals surface area contributed by atoms with E-state index in [0.29, 0.717) is 33.4 Å². The molecule has 2 heterocycles. The van der Waals surface area contributed by atoms with Crippen molar-refractivity contribution < 1.29 is 18.4 Å². The third-order valence-corrected chi connectivity index (χ3v) is 11.9. The van der Waals surface area contributed by atoms with Crippen molar-refractivity contribution in [3.8, 4) is 22.3 Å². The van der Waals surface area contributed by atoms with Crippen LogP contribution in [0.25, 0.3) is 66.1 Å². The van der Waals surface area contributed by atoms with E-state index < -0.39 is 5.41 Å². The highest BCUT2D eigenvalue weighted by atomic mass is 16.3. The van der Waals surface area contributed by atoms with E-state index in [2.05, 4.69) is 72.8 Å². The summed E-state index contributed by atoms with van der Waals surface area (Å²) in [5, 5.41) is 3.80. The maximum Gasteiger partial charge on any atom is 0.196 e. The number of ketones is 2. The van der Waals surface area contributed by atoms with Crippen molar-refractivity contribution in [2.75, 3.05) is 0 Å². The van der Waals surface area contributed by atoms with Gasteiger partial charge in [-0.15, -0.1) is 0 Å². The Labute approximate surface area is 314 Å². The topological polar surface area (TPSA) is 60.4 Å². The summed E-state index contributed by atoms with van der Waals surface area (Å²) in [6.45, 7) is 0. The second-order valence-corrected chi connectivity index (χ2v) is 14.6. The molecule has 4 heteroatoms. The molecule has 0 saturated carbocycles. The average molecular weight is 705 g/mol. The molecule has 55 heavy (non-hydrogen) atoms. The normalized spacial score (nSPS) is 13.4. The number of benzene rings is 8. The zero-order valence-electron chi connectivity index (χ0n) is 29.3. The number of furan rings is 2. The molecule has 256 valence electrons. The van der Waals surface area contributed by atoms with Crippen molar-refractivity contribution in [3.05, 3.63) is 214 Å². The molecule has 2 aliphatic carbocycles. The van der Waals surface area contributed by atoms with Gasteiger partial charge in [0.15, 0.2) is 11.6 Å². The predicted octanol–water partition coefficient (Wildman–Crippen LogP) is 12.3. The van der Waals surface area contributed by atoms with Crippen LogP contribution in [0.1, 0.15) is 54.1 Å². The molecule has 4 nitrogen and oxygen atoms in total. The van der Waals surface area contributed by atoms with E-state index in [1.165, 1.54) is 0 Å². The zero-order chi connectivity index (χ0) is 36.4. The van der Waals surface area contributed by atoms with E-state index in [-0.39, 0.29) is 11.6 Å². The van der Waals surface area contributed by atoms with Crippen LogP contribution >= 0.6 is 0 Å². The van der Waals surface area contributed by atoms with Crippen LogP contribution in [0.4, 0.5) is 0 Å². The zero-order valence-corrected chi connectivity index (χ0v) is 29.3. The number of para-hydroxylation sites is 4. The molecule has 0 N–H and O–H groups in total. The third kappa shape index (κ3) is 3.90. The predicted molar refractivity (Wildman–Crippen MR) is 217 cm³/mol. The summed E-state index contributed by atoms with van der Waals surface area (Å²) < 4.78 is 12.6. The molecule has 12 rings (SSSR count). The van der Waals surface area contributed by atoms with Crippen molar-refractivity contribution in [3.63, 3.8) is 0 Å². The molecular weight excluding hydrogens is 677 g/mol. The first-order valence-corrected chi connectivity index (χ1v) is 18.5. The van der Waals surface area contributed by atoms with Crippen molar-refractivity contribution in [1.29, 1.82) is 0 Å². The van der Waals surface area contributed by atoms with Crippen LogP contribution in [0.3, 0.4) is 0 Å². The first kappa shape index (κ1) is 30.2. The Balaban J connectivity index is 1.08. The lowest BCUT2D eigenvalue weighted by molar-refractivity contribution is 0.103. The van der Waals surface area contributed by atoms with Gasteiger partial charge >= 0.3 is 0 Å². The van der Waals surface area contributed by atoms with Crippen LogP contribution < -0.4 is 0 Å². The second-order valence-electron chi connectivity index (χ2n) is 14.6. The molecule has 0 bridgehead atoms. The smallest absolute Gasteiger partial charge is 0.196 e. The van der Waals surface area contributed by atoms with Gasteiger partial charge in [0.05, 0.1) is 16.5 Å². The minimum Gasteiger partial charge on any atom is -0.455 e. The minimum atomic E-state index is -0.763. The quantitative estimate of drug-likeness (QED) is 0.171. The first-order chi connectivity index (χ1) is 27.1. The molecule has 10 aromatic rings. The van der Waals surface area contributed by atoms with E-state index in [9.17, 15) is 9.59 Å². The van der Waals surface area contributed by atoms with Crippen LogP contribution in [-0.4, -0.2) is 11.6 Å². The van der Waals surface area contributed by atoms with Crippen molar-refractivity contribution in [2.24, 2.45) is 0 Å². The van der Waals surface area contributed by atoms with E-state index in [0.717, 1.165) is 77.2 Å². The standard InChI is InChI=1S/C51H28O4/c52-47(39-17-9-15-37-35-13-3-7-21-45(35)54-49(37)39)29-23-25-33-31-11-1-5-19-41(31)51(43(33)27-29)42-20-6-2-12-32(42)34-26-24-30(28-44(34)51)48(53)40-18-10-16-38-36-14-4-8-22-46(36)55-50(38)40/h1-28H. The van der Waals surface area contributed by atoms with Gasteiger partial charge in [0.1, 0.15) is 22.3 Å². The number of carbonyl (C=O) groups is 2. The molecule has 8 aromatic carbocycles. The molecule has 0 unspecified atom stereocenters. The molecule has 2 aliphatic rings. The summed E-state index contributed by atoms with van der Waals surface area (Å²) >= 11 is 0. The summed E-state index contributed by atoms with van der Waals surface area (Å²) in [5.41, 5.74) is 12.8. The van der Waals surface area contributed by atoms with Crippen LogP contribution in [0.2, 0.25) is 0 Å².